The van der Waals surface area contributed by atoms with Crippen molar-refractivity contribution in [3.8, 4) is 0 Å². The maximum atomic E-state index is 13.2. The number of aliphatic carboxylic acids is 1. The summed E-state index contributed by atoms with van der Waals surface area (Å²) in [7, 11) is 0. The number of ether oxygens (including phenoxy) is 1. The summed E-state index contributed by atoms with van der Waals surface area (Å²) in [5.41, 5.74) is 1.16. The fourth-order valence-corrected chi connectivity index (χ4v) is 8.19. The first kappa shape index (κ1) is 25.3. The molecule has 32 heavy (non-hydrogen) atoms. The molecule has 0 radical (unpaired) electrons. The Morgan fingerprint density at radius 2 is 1.97 bits per heavy atom. The number of amides is 1. The Balaban J connectivity index is 1.63. The maximum Gasteiger partial charge on any atom is 0.326 e. The second kappa shape index (κ2) is 11.7. The highest BCUT2D eigenvalue weighted by molar-refractivity contribution is 8.21. The first-order valence-corrected chi connectivity index (χ1v) is 13.8. The van der Waals surface area contributed by atoms with Gasteiger partial charge in [0.05, 0.1) is 16.7 Å². The van der Waals surface area contributed by atoms with Crippen molar-refractivity contribution in [3.63, 3.8) is 0 Å². The Kier molecular flexibility index (Phi) is 9.22. The van der Waals surface area contributed by atoms with Crippen molar-refractivity contribution >= 4 is 53.1 Å². The molecular weight excluding hydrogens is 468 g/mol. The first-order chi connectivity index (χ1) is 15.3. The average Bonchev–Trinajstić information content (AvgIpc) is 3.40. The van der Waals surface area contributed by atoms with Gasteiger partial charge in [-0.05, 0) is 19.4 Å². The zero-order valence-electron chi connectivity index (χ0n) is 18.3. The predicted octanol–water partition coefficient (Wildman–Crippen LogP) is 2.69. The third-order valence-electron chi connectivity index (χ3n) is 5.46. The molecule has 1 aromatic carbocycles. The Labute approximate surface area is 201 Å². The highest BCUT2D eigenvalue weighted by atomic mass is 32.2. The summed E-state index contributed by atoms with van der Waals surface area (Å²) in [5.74, 6) is 1.46. The third-order valence-corrected chi connectivity index (χ3v) is 9.99. The van der Waals surface area contributed by atoms with Gasteiger partial charge in [-0.3, -0.25) is 14.9 Å². The minimum Gasteiger partial charge on any atom is -0.480 e. The van der Waals surface area contributed by atoms with Gasteiger partial charge >= 0.3 is 11.9 Å². The van der Waals surface area contributed by atoms with Crippen LogP contribution in [0.5, 0.6) is 0 Å². The van der Waals surface area contributed by atoms with E-state index < -0.39 is 30.1 Å². The van der Waals surface area contributed by atoms with Gasteiger partial charge in [0.15, 0.2) is 0 Å². The van der Waals surface area contributed by atoms with Crippen molar-refractivity contribution < 1.29 is 24.2 Å². The molecule has 0 bridgehead atoms. The van der Waals surface area contributed by atoms with Crippen molar-refractivity contribution in [1.82, 2.24) is 10.2 Å². The summed E-state index contributed by atoms with van der Waals surface area (Å²) in [4.78, 5) is 39.1. The molecule has 176 valence electrons. The number of nitrogens with zero attached hydrogens (tertiary/aromatic N) is 1. The van der Waals surface area contributed by atoms with E-state index in [0.29, 0.717) is 18.7 Å². The SMILES string of the molecule is CCOC(=O)[C@H](CSCc1ccccc1)N[C@@H](C)C(=O)N1CC2(C[C@H]1C(=O)O)SCCS2. The lowest BCUT2D eigenvalue weighted by Gasteiger charge is -2.28. The molecule has 2 N–H and O–H groups in total. The molecule has 10 heteroatoms. The zero-order valence-corrected chi connectivity index (χ0v) is 20.8. The summed E-state index contributed by atoms with van der Waals surface area (Å²) in [6, 6.07) is 7.77. The van der Waals surface area contributed by atoms with Gasteiger partial charge in [0.1, 0.15) is 12.1 Å². The van der Waals surface area contributed by atoms with E-state index in [1.807, 2.05) is 30.3 Å². The Morgan fingerprint density at radius 1 is 1.28 bits per heavy atom. The van der Waals surface area contributed by atoms with Crippen LogP contribution < -0.4 is 5.32 Å². The van der Waals surface area contributed by atoms with Crippen LogP contribution >= 0.6 is 35.3 Å². The van der Waals surface area contributed by atoms with E-state index in [2.05, 4.69) is 5.32 Å². The van der Waals surface area contributed by atoms with Crippen LogP contribution in [-0.4, -0.2) is 80.5 Å². The second-order valence-electron chi connectivity index (χ2n) is 7.83. The number of benzene rings is 1. The number of carbonyl (C=O) groups is 3. The van der Waals surface area contributed by atoms with Crippen LogP contribution in [0.4, 0.5) is 0 Å². The fraction of sp³-hybridized carbons (Fsp3) is 0.591. The Morgan fingerprint density at radius 3 is 2.59 bits per heavy atom. The van der Waals surface area contributed by atoms with Gasteiger partial charge in [0.2, 0.25) is 5.91 Å². The van der Waals surface area contributed by atoms with E-state index in [4.69, 9.17) is 4.74 Å². The van der Waals surface area contributed by atoms with Gasteiger partial charge in [-0.15, -0.1) is 23.5 Å². The molecular formula is C22H30N2O5S3. The van der Waals surface area contributed by atoms with Crippen LogP contribution in [0.25, 0.3) is 0 Å². The summed E-state index contributed by atoms with van der Waals surface area (Å²) in [6.45, 7) is 4.11. The van der Waals surface area contributed by atoms with Crippen molar-refractivity contribution in [2.24, 2.45) is 0 Å². The number of carboxylic acid groups (broad SMARTS) is 1. The minimum absolute atomic E-state index is 0.232. The number of likely N-dealkylation sites (tertiary alicyclic amines) is 1. The second-order valence-corrected chi connectivity index (χ2v) is 12.1. The molecule has 1 amide bonds. The van der Waals surface area contributed by atoms with Crippen molar-refractivity contribution in [1.29, 1.82) is 0 Å². The Bertz CT molecular complexity index is 804. The summed E-state index contributed by atoms with van der Waals surface area (Å²) in [5, 5.41) is 12.8. The molecule has 0 saturated carbocycles. The van der Waals surface area contributed by atoms with Gasteiger partial charge < -0.3 is 14.7 Å². The largest absolute Gasteiger partial charge is 0.480 e. The molecule has 0 unspecified atom stereocenters. The number of carbonyl (C=O) groups excluding carboxylic acids is 2. The molecule has 0 aliphatic carbocycles. The monoisotopic (exact) mass is 498 g/mol. The van der Waals surface area contributed by atoms with E-state index in [1.54, 1.807) is 49.1 Å². The molecule has 1 aromatic rings. The lowest BCUT2D eigenvalue weighted by molar-refractivity contribution is -0.150. The van der Waals surface area contributed by atoms with Crippen molar-refractivity contribution in [2.75, 3.05) is 30.4 Å². The molecule has 2 fully saturated rings. The Hall–Kier alpha value is -1.36. The lowest BCUT2D eigenvalue weighted by atomic mass is 10.2. The van der Waals surface area contributed by atoms with E-state index in [9.17, 15) is 19.5 Å². The molecule has 0 aromatic heterocycles. The topological polar surface area (TPSA) is 95.9 Å². The number of thioether (sulfide) groups is 3. The van der Waals surface area contributed by atoms with Crippen LogP contribution in [0.2, 0.25) is 0 Å². The molecule has 2 saturated heterocycles. The van der Waals surface area contributed by atoms with Gasteiger partial charge in [0.25, 0.3) is 0 Å². The maximum absolute atomic E-state index is 13.2. The standard InChI is InChI=1S/C22H30N2O5S3/c1-3-29-21(28)17(13-30-12-16-7-5-4-6-8-16)23-15(2)19(25)24-14-22(31-9-10-32-22)11-18(24)20(26)27/h4-8,15,17-18,23H,3,9-14H2,1-2H3,(H,26,27)/t15-,17-,18-/m0/s1. The first-order valence-electron chi connectivity index (χ1n) is 10.7. The van der Waals surface area contributed by atoms with Gasteiger partial charge in [0, 0.05) is 36.0 Å². The summed E-state index contributed by atoms with van der Waals surface area (Å²) in [6.07, 6.45) is 0.449. The smallest absolute Gasteiger partial charge is 0.326 e. The molecule has 1 spiro atoms. The van der Waals surface area contributed by atoms with E-state index in [0.717, 1.165) is 22.8 Å². The third kappa shape index (κ3) is 6.36. The normalized spacial score (nSPS) is 21.4. The van der Waals surface area contributed by atoms with Crippen LogP contribution in [0.1, 0.15) is 25.8 Å². The van der Waals surface area contributed by atoms with Crippen LogP contribution in [0.15, 0.2) is 30.3 Å². The number of carboxylic acids is 1. The lowest BCUT2D eigenvalue weighted by Crippen LogP contribution is -2.54. The summed E-state index contributed by atoms with van der Waals surface area (Å²) >= 11 is 5.08. The molecule has 7 nitrogen and oxygen atoms in total. The molecule has 3 rings (SSSR count). The number of esters is 1. The van der Waals surface area contributed by atoms with Crippen molar-refractivity contribution in [2.45, 2.75) is 48.2 Å². The van der Waals surface area contributed by atoms with E-state index in [1.165, 1.54) is 4.90 Å². The fourth-order valence-electron chi connectivity index (χ4n) is 3.92. The minimum atomic E-state index is -0.976. The van der Waals surface area contributed by atoms with E-state index >= 15 is 0 Å². The molecule has 3 atom stereocenters. The van der Waals surface area contributed by atoms with Gasteiger partial charge in [-0.1, -0.05) is 30.3 Å². The average molecular weight is 499 g/mol. The van der Waals surface area contributed by atoms with Crippen molar-refractivity contribution in [3.05, 3.63) is 35.9 Å². The molecule has 2 heterocycles. The number of hydrogen-bond acceptors (Lipinski definition) is 8. The number of rotatable bonds is 10. The van der Waals surface area contributed by atoms with Crippen LogP contribution in [-0.2, 0) is 24.9 Å². The highest BCUT2D eigenvalue weighted by Crippen LogP contribution is 2.51. The zero-order chi connectivity index (χ0) is 23.1. The number of nitrogens with one attached hydrogen (secondary N) is 1. The molecule has 2 aliphatic heterocycles. The quantitative estimate of drug-likeness (QED) is 0.472. The van der Waals surface area contributed by atoms with Crippen LogP contribution in [0, 0.1) is 0 Å². The van der Waals surface area contributed by atoms with Crippen LogP contribution in [0.3, 0.4) is 0 Å². The summed E-state index contributed by atoms with van der Waals surface area (Å²) < 4.78 is 4.98. The molecule has 2 aliphatic rings. The van der Waals surface area contributed by atoms with Gasteiger partial charge in [-0.25, -0.2) is 4.79 Å². The van der Waals surface area contributed by atoms with E-state index in [-0.39, 0.29) is 16.6 Å². The van der Waals surface area contributed by atoms with Gasteiger partial charge in [-0.2, -0.15) is 11.8 Å². The number of hydrogen-bond donors (Lipinski definition) is 2. The predicted molar refractivity (Wildman–Crippen MR) is 131 cm³/mol. The highest BCUT2D eigenvalue weighted by Gasteiger charge is 2.52.